The van der Waals surface area contributed by atoms with E-state index >= 15 is 0 Å². The normalized spacial score (nSPS) is 9.67. The van der Waals surface area contributed by atoms with Gasteiger partial charge in [-0.3, -0.25) is 0 Å². The first-order chi connectivity index (χ1) is 2.00. The summed E-state index contributed by atoms with van der Waals surface area (Å²) >= 11 is 0. The fraction of sp³-hybridized carbons (Fsp3) is 1.00. The first-order valence-corrected chi connectivity index (χ1v) is 2.84. The third kappa shape index (κ3) is 166. The molecule has 0 radical (unpaired) electrons. The molecule has 1 N–H and O–H groups in total. The van der Waals surface area contributed by atoms with Gasteiger partial charge in [-0.25, -0.2) is 8.42 Å². The van der Waals surface area contributed by atoms with Crippen molar-refractivity contribution in [2.24, 2.45) is 0 Å². The van der Waals surface area contributed by atoms with Crippen LogP contribution in [0.15, 0.2) is 0 Å². The molecule has 6 heavy (non-hydrogen) atoms. The SMILES string of the molecule is CS([NH-])(=O)=O.[W]. The fourth-order valence-electron chi connectivity index (χ4n) is 0. The van der Waals surface area contributed by atoms with Crippen LogP contribution in [0.25, 0.3) is 5.14 Å². The van der Waals surface area contributed by atoms with Crippen LogP contribution in [0.1, 0.15) is 0 Å². The van der Waals surface area contributed by atoms with Crippen molar-refractivity contribution in [3.63, 3.8) is 0 Å². The monoisotopic (exact) mass is 278 g/mol. The second-order valence-electron chi connectivity index (χ2n) is 0.772. The quantitative estimate of drug-likeness (QED) is 0.626. The van der Waals surface area contributed by atoms with E-state index < -0.39 is 10.0 Å². The molecule has 0 atom stereocenters. The van der Waals surface area contributed by atoms with Crippen LogP contribution in [0, 0.1) is 0 Å². The second-order valence-corrected chi connectivity index (χ2v) is 2.32. The van der Waals surface area contributed by atoms with E-state index in [4.69, 9.17) is 5.14 Å². The van der Waals surface area contributed by atoms with Gasteiger partial charge < -0.3 is 5.14 Å². The predicted octanol–water partition coefficient (Wildman–Crippen LogP) is -0.00430. The molecule has 0 aliphatic carbocycles. The van der Waals surface area contributed by atoms with Gasteiger partial charge in [0.25, 0.3) is 0 Å². The summed E-state index contributed by atoms with van der Waals surface area (Å²) < 4.78 is 18.6. The zero-order chi connectivity index (χ0) is 4.50. The van der Waals surface area contributed by atoms with E-state index in [1.54, 1.807) is 0 Å². The molecule has 0 saturated carbocycles. The summed E-state index contributed by atoms with van der Waals surface area (Å²) in [6.45, 7) is 0. The molecule has 3 nitrogen and oxygen atoms in total. The van der Waals surface area contributed by atoms with E-state index in [9.17, 15) is 8.42 Å². The molecule has 0 heterocycles. The molecule has 0 unspecified atom stereocenters. The van der Waals surface area contributed by atoms with Gasteiger partial charge in [-0.15, -0.1) is 0 Å². The van der Waals surface area contributed by atoms with E-state index in [1.807, 2.05) is 0 Å². The van der Waals surface area contributed by atoms with E-state index in [2.05, 4.69) is 0 Å². The van der Waals surface area contributed by atoms with Crippen molar-refractivity contribution >= 4 is 10.0 Å². The van der Waals surface area contributed by atoms with Gasteiger partial charge in [0.1, 0.15) is 0 Å². The zero-order valence-corrected chi connectivity index (χ0v) is 6.88. The molecular formula is CH4NO2SW-. The topological polar surface area (TPSA) is 57.9 Å². The molecule has 0 bridgehead atoms. The summed E-state index contributed by atoms with van der Waals surface area (Å²) in [5, 5.41) is 5.91. The van der Waals surface area contributed by atoms with E-state index in [0.717, 1.165) is 6.26 Å². The number of rotatable bonds is 0. The summed E-state index contributed by atoms with van der Waals surface area (Å²) in [6, 6.07) is 0. The second kappa shape index (κ2) is 2.72. The van der Waals surface area contributed by atoms with Crippen molar-refractivity contribution in [2.75, 3.05) is 6.26 Å². The average Bonchev–Trinajstić information content (AvgIpc) is 0.722. The molecule has 0 aromatic carbocycles. The Labute approximate surface area is 51.2 Å². The Morgan fingerprint density at radius 1 is 1.50 bits per heavy atom. The van der Waals surface area contributed by atoms with Crippen LogP contribution >= 0.6 is 0 Å². The molecule has 38 valence electrons. The van der Waals surface area contributed by atoms with Crippen LogP contribution in [-0.4, -0.2) is 14.7 Å². The molecular weight excluding hydrogens is 274 g/mol. The van der Waals surface area contributed by atoms with Gasteiger partial charge in [-0.05, 0) is 0 Å². The van der Waals surface area contributed by atoms with Crippen LogP contribution < -0.4 is 0 Å². The number of sulfonamides is 1. The Hall–Kier alpha value is 0.598. The molecule has 5 heteroatoms. The van der Waals surface area contributed by atoms with Crippen molar-refractivity contribution < 1.29 is 29.5 Å². The molecule has 0 aromatic heterocycles. The van der Waals surface area contributed by atoms with Crippen LogP contribution in [0.5, 0.6) is 0 Å². The molecule has 0 saturated heterocycles. The minimum atomic E-state index is -3.42. The maximum absolute atomic E-state index is 9.30. The third-order valence-corrected chi connectivity index (χ3v) is 0. The Kier molecular flexibility index (Phi) is 4.43. The van der Waals surface area contributed by atoms with Gasteiger partial charge in [-0.2, -0.15) is 0 Å². The largest absolute Gasteiger partial charge is 0.564 e. The van der Waals surface area contributed by atoms with E-state index in [0.29, 0.717) is 0 Å². The minimum absolute atomic E-state index is 0. The summed E-state index contributed by atoms with van der Waals surface area (Å²) in [6.07, 6.45) is 0.826. The van der Waals surface area contributed by atoms with Crippen molar-refractivity contribution in [1.82, 2.24) is 0 Å². The van der Waals surface area contributed by atoms with Crippen molar-refractivity contribution in [3.05, 3.63) is 5.14 Å². The number of hydrogen-bond donors (Lipinski definition) is 0. The van der Waals surface area contributed by atoms with Gasteiger partial charge in [0.05, 0.1) is 10.0 Å². The maximum atomic E-state index is 9.30. The summed E-state index contributed by atoms with van der Waals surface area (Å²) in [7, 11) is -3.42. The average molecular weight is 278 g/mol. The summed E-state index contributed by atoms with van der Waals surface area (Å²) in [4.78, 5) is 0. The first kappa shape index (κ1) is 9.78. The number of nitrogens with one attached hydrogen (secondary N) is 1. The first-order valence-electron chi connectivity index (χ1n) is 0.946. The Bertz CT molecular complexity index is 96.7. The van der Waals surface area contributed by atoms with Gasteiger partial charge in [0, 0.05) is 27.3 Å². The van der Waals surface area contributed by atoms with E-state index in [1.165, 1.54) is 0 Å². The molecule has 0 aromatic rings. The van der Waals surface area contributed by atoms with Gasteiger partial charge in [-0.1, -0.05) is 0 Å². The van der Waals surface area contributed by atoms with Crippen LogP contribution in [-0.2, 0) is 31.1 Å². The Morgan fingerprint density at radius 3 is 1.50 bits per heavy atom. The molecule has 0 fully saturated rings. The van der Waals surface area contributed by atoms with Gasteiger partial charge >= 0.3 is 0 Å². The van der Waals surface area contributed by atoms with Crippen LogP contribution in [0.2, 0.25) is 0 Å². The molecule has 0 spiro atoms. The fourth-order valence-corrected chi connectivity index (χ4v) is 0. The zero-order valence-electron chi connectivity index (χ0n) is 3.13. The van der Waals surface area contributed by atoms with Crippen LogP contribution in [0.4, 0.5) is 0 Å². The minimum Gasteiger partial charge on any atom is -0.564 e. The Balaban J connectivity index is 0. The maximum Gasteiger partial charge on any atom is 0.0670 e. The number of hydrogen-bond acceptors (Lipinski definition) is 2. The standard InChI is InChI=1S/CH4NO2S.W/c1-5(2,3)4;/h1H3,(H-,2,3,4);/q-1;. The summed E-state index contributed by atoms with van der Waals surface area (Å²) in [5.41, 5.74) is 0. The van der Waals surface area contributed by atoms with E-state index in [-0.39, 0.29) is 21.1 Å². The molecule has 0 aliphatic heterocycles. The summed E-state index contributed by atoms with van der Waals surface area (Å²) in [5.74, 6) is 0. The van der Waals surface area contributed by atoms with Gasteiger partial charge in [0.15, 0.2) is 0 Å². The molecule has 0 amide bonds. The van der Waals surface area contributed by atoms with Gasteiger partial charge in [0.2, 0.25) is 0 Å². The van der Waals surface area contributed by atoms with Crippen molar-refractivity contribution in [2.45, 2.75) is 0 Å². The Morgan fingerprint density at radius 2 is 1.50 bits per heavy atom. The predicted molar refractivity (Wildman–Crippen MR) is 19.2 cm³/mol. The van der Waals surface area contributed by atoms with Crippen LogP contribution in [0.3, 0.4) is 0 Å². The van der Waals surface area contributed by atoms with Crippen molar-refractivity contribution in [3.8, 4) is 0 Å². The van der Waals surface area contributed by atoms with Crippen molar-refractivity contribution in [1.29, 1.82) is 0 Å². The smallest absolute Gasteiger partial charge is 0.0670 e. The third-order valence-electron chi connectivity index (χ3n) is 0. The molecule has 0 rings (SSSR count). The molecule has 0 aliphatic rings.